The smallest absolute Gasteiger partial charge is 0.248 e. The Kier molecular flexibility index (Phi) is 4.70. The van der Waals surface area contributed by atoms with Crippen LogP contribution in [0.25, 0.3) is 0 Å². The zero-order valence-electron chi connectivity index (χ0n) is 13.1. The fourth-order valence-corrected chi connectivity index (χ4v) is 5.04. The third-order valence-electron chi connectivity index (χ3n) is 4.94. The van der Waals surface area contributed by atoms with Crippen molar-refractivity contribution in [1.29, 1.82) is 0 Å². The molecule has 2 aliphatic rings. The molecule has 2 aliphatic heterocycles. The molecule has 2 fully saturated rings. The van der Waals surface area contributed by atoms with E-state index < -0.39 is 15.9 Å². The number of carbonyl (C=O) groups excluding carboxylic acids is 1. The Bertz CT molecular complexity index is 658. The van der Waals surface area contributed by atoms with Gasteiger partial charge in [-0.3, -0.25) is 4.79 Å². The third kappa shape index (κ3) is 3.41. The molecule has 0 radical (unpaired) electrons. The Morgan fingerprint density at radius 2 is 1.78 bits per heavy atom. The summed E-state index contributed by atoms with van der Waals surface area (Å²) in [5.74, 6) is 0.0139. The SMILES string of the molecule is NC(=O)c1ccc(S(=O)(=O)N2CCC(C3CCCN3)CC2)cc1. The minimum absolute atomic E-state index is 0.222. The van der Waals surface area contributed by atoms with E-state index in [2.05, 4.69) is 5.32 Å². The molecule has 0 aromatic heterocycles. The van der Waals surface area contributed by atoms with E-state index in [1.54, 1.807) is 4.31 Å². The van der Waals surface area contributed by atoms with Crippen molar-refractivity contribution < 1.29 is 13.2 Å². The number of hydrogen-bond donors (Lipinski definition) is 2. The second kappa shape index (κ2) is 6.59. The van der Waals surface area contributed by atoms with Gasteiger partial charge in [0.15, 0.2) is 0 Å². The summed E-state index contributed by atoms with van der Waals surface area (Å²) in [5, 5.41) is 3.52. The Hall–Kier alpha value is -1.44. The number of nitrogens with one attached hydrogen (secondary N) is 1. The molecule has 1 atom stereocenters. The first-order valence-electron chi connectivity index (χ1n) is 8.12. The van der Waals surface area contributed by atoms with Crippen LogP contribution in [0.2, 0.25) is 0 Å². The summed E-state index contributed by atoms with van der Waals surface area (Å²) in [6, 6.07) is 6.39. The summed E-state index contributed by atoms with van der Waals surface area (Å²) in [6.45, 7) is 2.20. The van der Waals surface area contributed by atoms with Crippen LogP contribution in [-0.4, -0.2) is 44.3 Å². The second-order valence-corrected chi connectivity index (χ2v) is 8.27. The predicted molar refractivity (Wildman–Crippen MR) is 87.5 cm³/mol. The number of nitrogens with zero attached hydrogens (tertiary/aromatic N) is 1. The molecule has 1 aromatic rings. The zero-order chi connectivity index (χ0) is 16.4. The lowest BCUT2D eigenvalue weighted by Gasteiger charge is -2.34. The maximum Gasteiger partial charge on any atom is 0.248 e. The van der Waals surface area contributed by atoms with Crippen LogP contribution in [0.3, 0.4) is 0 Å². The molecule has 23 heavy (non-hydrogen) atoms. The van der Waals surface area contributed by atoms with E-state index >= 15 is 0 Å². The Labute approximate surface area is 137 Å². The second-order valence-electron chi connectivity index (χ2n) is 6.33. The topological polar surface area (TPSA) is 92.5 Å². The molecule has 7 heteroatoms. The van der Waals surface area contributed by atoms with Gasteiger partial charge in [-0.05, 0) is 62.4 Å². The fourth-order valence-electron chi connectivity index (χ4n) is 3.57. The number of rotatable bonds is 4. The van der Waals surface area contributed by atoms with Crippen molar-refractivity contribution in [2.75, 3.05) is 19.6 Å². The van der Waals surface area contributed by atoms with Crippen LogP contribution in [-0.2, 0) is 10.0 Å². The molecule has 0 bridgehead atoms. The third-order valence-corrected chi connectivity index (χ3v) is 6.86. The number of benzene rings is 1. The van der Waals surface area contributed by atoms with Crippen LogP contribution in [0.15, 0.2) is 29.2 Å². The molecular formula is C16H23N3O3S. The first-order valence-corrected chi connectivity index (χ1v) is 9.56. The summed E-state index contributed by atoms with van der Waals surface area (Å²) in [6.07, 6.45) is 4.22. The van der Waals surface area contributed by atoms with Gasteiger partial charge in [-0.2, -0.15) is 4.31 Å². The Balaban J connectivity index is 1.67. The van der Waals surface area contributed by atoms with Gasteiger partial charge in [0, 0.05) is 24.7 Å². The molecule has 1 amide bonds. The molecular weight excluding hydrogens is 314 g/mol. The van der Waals surface area contributed by atoms with E-state index in [-0.39, 0.29) is 4.90 Å². The number of hydrogen-bond acceptors (Lipinski definition) is 4. The highest BCUT2D eigenvalue weighted by molar-refractivity contribution is 7.89. The molecule has 2 saturated heterocycles. The largest absolute Gasteiger partial charge is 0.366 e. The van der Waals surface area contributed by atoms with Gasteiger partial charge in [-0.1, -0.05) is 0 Å². The van der Waals surface area contributed by atoms with E-state index in [9.17, 15) is 13.2 Å². The Morgan fingerprint density at radius 1 is 1.13 bits per heavy atom. The molecule has 1 aromatic carbocycles. The average Bonchev–Trinajstić information content (AvgIpc) is 3.09. The maximum atomic E-state index is 12.7. The van der Waals surface area contributed by atoms with Gasteiger partial charge in [0.1, 0.15) is 0 Å². The predicted octanol–water partition coefficient (Wildman–Crippen LogP) is 0.938. The number of primary amides is 1. The van der Waals surface area contributed by atoms with Crippen LogP contribution in [0.5, 0.6) is 0 Å². The molecule has 0 aliphatic carbocycles. The maximum absolute atomic E-state index is 12.7. The van der Waals surface area contributed by atoms with Crippen LogP contribution >= 0.6 is 0 Å². The van der Waals surface area contributed by atoms with E-state index in [1.165, 1.54) is 37.1 Å². The summed E-state index contributed by atoms with van der Waals surface area (Å²) < 4.78 is 26.9. The highest BCUT2D eigenvalue weighted by Crippen LogP contribution is 2.28. The summed E-state index contributed by atoms with van der Waals surface area (Å²) in [5.41, 5.74) is 5.50. The molecule has 0 saturated carbocycles. The van der Waals surface area contributed by atoms with Gasteiger partial charge in [-0.25, -0.2) is 8.42 Å². The fraction of sp³-hybridized carbons (Fsp3) is 0.562. The molecule has 3 rings (SSSR count). The number of carbonyl (C=O) groups is 1. The van der Waals surface area contributed by atoms with Crippen molar-refractivity contribution in [3.63, 3.8) is 0 Å². The summed E-state index contributed by atoms with van der Waals surface area (Å²) >= 11 is 0. The molecule has 6 nitrogen and oxygen atoms in total. The van der Waals surface area contributed by atoms with E-state index in [0.29, 0.717) is 30.6 Å². The molecule has 126 valence electrons. The van der Waals surface area contributed by atoms with Crippen LogP contribution in [0, 0.1) is 5.92 Å². The molecule has 3 N–H and O–H groups in total. The highest BCUT2D eigenvalue weighted by Gasteiger charge is 2.33. The summed E-state index contributed by atoms with van der Waals surface area (Å²) in [7, 11) is -3.49. The van der Waals surface area contributed by atoms with Crippen LogP contribution < -0.4 is 11.1 Å². The van der Waals surface area contributed by atoms with Crippen molar-refractivity contribution in [2.24, 2.45) is 11.7 Å². The van der Waals surface area contributed by atoms with Gasteiger partial charge in [-0.15, -0.1) is 0 Å². The van der Waals surface area contributed by atoms with Crippen molar-refractivity contribution in [2.45, 2.75) is 36.6 Å². The zero-order valence-corrected chi connectivity index (χ0v) is 13.9. The van der Waals surface area contributed by atoms with E-state index in [4.69, 9.17) is 5.73 Å². The first-order chi connectivity index (χ1) is 11.0. The van der Waals surface area contributed by atoms with Gasteiger partial charge < -0.3 is 11.1 Å². The van der Waals surface area contributed by atoms with E-state index in [1.807, 2.05) is 0 Å². The lowest BCUT2D eigenvalue weighted by atomic mass is 9.89. The van der Waals surface area contributed by atoms with Crippen molar-refractivity contribution in [1.82, 2.24) is 9.62 Å². The number of sulfonamides is 1. The van der Waals surface area contributed by atoms with Crippen LogP contribution in [0.1, 0.15) is 36.0 Å². The first kappa shape index (κ1) is 16.4. The van der Waals surface area contributed by atoms with Crippen molar-refractivity contribution in [3.8, 4) is 0 Å². The van der Waals surface area contributed by atoms with Gasteiger partial charge in [0.2, 0.25) is 15.9 Å². The highest BCUT2D eigenvalue weighted by atomic mass is 32.2. The van der Waals surface area contributed by atoms with Gasteiger partial charge in [0.05, 0.1) is 4.90 Å². The Morgan fingerprint density at radius 3 is 2.30 bits per heavy atom. The van der Waals surface area contributed by atoms with Crippen molar-refractivity contribution >= 4 is 15.9 Å². The summed E-state index contributed by atoms with van der Waals surface area (Å²) in [4.78, 5) is 11.3. The standard InChI is InChI=1S/C16H23N3O3S/c17-16(20)13-3-5-14(6-4-13)23(21,22)19-10-7-12(8-11-19)15-2-1-9-18-15/h3-6,12,15,18H,1-2,7-11H2,(H2,17,20). The number of piperidine rings is 1. The quantitative estimate of drug-likeness (QED) is 0.855. The molecule has 2 heterocycles. The van der Waals surface area contributed by atoms with Gasteiger partial charge >= 0.3 is 0 Å². The average molecular weight is 337 g/mol. The monoisotopic (exact) mass is 337 g/mol. The van der Waals surface area contributed by atoms with E-state index in [0.717, 1.165) is 19.4 Å². The molecule has 0 spiro atoms. The van der Waals surface area contributed by atoms with Crippen LogP contribution in [0.4, 0.5) is 0 Å². The lowest BCUT2D eigenvalue weighted by Crippen LogP contribution is -2.43. The molecule has 1 unspecified atom stereocenters. The van der Waals surface area contributed by atoms with Crippen molar-refractivity contribution in [3.05, 3.63) is 29.8 Å². The normalized spacial score (nSPS) is 23.9. The lowest BCUT2D eigenvalue weighted by molar-refractivity contribution is 0.1000. The van der Waals surface area contributed by atoms with Gasteiger partial charge in [0.25, 0.3) is 0 Å². The minimum atomic E-state index is -3.49. The number of amides is 1. The number of nitrogens with two attached hydrogens (primary N) is 1. The minimum Gasteiger partial charge on any atom is -0.366 e.